The van der Waals surface area contributed by atoms with Crippen molar-refractivity contribution in [3.63, 3.8) is 0 Å². The number of hydrogen-bond acceptors (Lipinski definition) is 2. The van der Waals surface area contributed by atoms with Crippen LogP contribution in [-0.2, 0) is 0 Å². The molecule has 1 N–H and O–H groups in total. The summed E-state index contributed by atoms with van der Waals surface area (Å²) in [7, 11) is 0. The van der Waals surface area contributed by atoms with Crippen molar-refractivity contribution >= 4 is 21.6 Å². The molecule has 0 spiro atoms. The topological polar surface area (TPSA) is 23.5 Å². The molecule has 1 aliphatic rings. The van der Waals surface area contributed by atoms with Gasteiger partial charge in [-0.3, -0.25) is 0 Å². The zero-order chi connectivity index (χ0) is 14.0. The highest BCUT2D eigenvalue weighted by Gasteiger charge is 2.24. The lowest BCUT2D eigenvalue weighted by molar-refractivity contribution is 0.199. The first-order valence-corrected chi connectivity index (χ1v) is 7.91. The molecule has 2 rings (SSSR count). The number of aliphatic hydroxyl groups is 1. The van der Waals surface area contributed by atoms with Crippen LogP contribution in [0.5, 0.6) is 0 Å². The van der Waals surface area contributed by atoms with E-state index in [2.05, 4.69) is 40.7 Å². The lowest BCUT2D eigenvalue weighted by Gasteiger charge is -2.28. The average Bonchev–Trinajstić information content (AvgIpc) is 2.49. The Morgan fingerprint density at radius 3 is 2.68 bits per heavy atom. The first-order chi connectivity index (χ1) is 8.89. The molecule has 0 saturated carbocycles. The number of aliphatic hydroxyl groups excluding tert-OH is 1. The summed E-state index contributed by atoms with van der Waals surface area (Å²) in [4.78, 5) is 2.43. The van der Waals surface area contributed by atoms with E-state index in [1.165, 1.54) is 24.9 Å². The zero-order valence-electron chi connectivity index (χ0n) is 12.1. The number of anilines is 1. The molecule has 1 aromatic rings. The highest BCUT2D eigenvalue weighted by molar-refractivity contribution is 9.10. The van der Waals surface area contributed by atoms with Gasteiger partial charge in [0.05, 0.1) is 6.10 Å². The molecule has 1 heterocycles. The predicted molar refractivity (Wildman–Crippen MR) is 84.6 cm³/mol. The van der Waals surface area contributed by atoms with E-state index in [-0.39, 0.29) is 0 Å². The molecule has 1 aliphatic heterocycles. The summed E-state index contributed by atoms with van der Waals surface area (Å²) in [5.41, 5.74) is 2.65. The summed E-state index contributed by atoms with van der Waals surface area (Å²) in [5.74, 6) is 0. The first-order valence-electron chi connectivity index (χ1n) is 7.11. The second kappa shape index (κ2) is 5.84. The first kappa shape index (κ1) is 14.9. The van der Waals surface area contributed by atoms with E-state index in [1.54, 1.807) is 0 Å². The van der Waals surface area contributed by atoms with Crippen LogP contribution in [-0.4, -0.2) is 18.2 Å². The van der Waals surface area contributed by atoms with Gasteiger partial charge in [0.15, 0.2) is 0 Å². The Morgan fingerprint density at radius 1 is 1.26 bits per heavy atom. The molecule has 0 aliphatic carbocycles. The van der Waals surface area contributed by atoms with Crippen molar-refractivity contribution in [1.29, 1.82) is 0 Å². The van der Waals surface area contributed by atoms with Gasteiger partial charge in [-0.15, -0.1) is 0 Å². The van der Waals surface area contributed by atoms with Gasteiger partial charge < -0.3 is 10.0 Å². The second-order valence-electron chi connectivity index (χ2n) is 6.38. The van der Waals surface area contributed by atoms with Gasteiger partial charge in [0.1, 0.15) is 0 Å². The number of halogens is 1. The molecular weight excluding hydrogens is 302 g/mol. The fourth-order valence-corrected chi connectivity index (χ4v) is 3.16. The van der Waals surface area contributed by atoms with Gasteiger partial charge in [-0.05, 0) is 43.7 Å². The van der Waals surface area contributed by atoms with Gasteiger partial charge in [0.2, 0.25) is 0 Å². The fourth-order valence-electron chi connectivity index (χ4n) is 2.81. The number of nitrogens with zero attached hydrogens (tertiary/aromatic N) is 1. The van der Waals surface area contributed by atoms with Crippen LogP contribution in [0.15, 0.2) is 22.7 Å². The quantitative estimate of drug-likeness (QED) is 0.864. The van der Waals surface area contributed by atoms with Crippen molar-refractivity contribution in [2.24, 2.45) is 5.41 Å². The van der Waals surface area contributed by atoms with Crippen LogP contribution in [0, 0.1) is 5.41 Å². The third-order valence-corrected chi connectivity index (χ3v) is 4.62. The SMILES string of the molecule is CC(O)c1ccc(Br)cc1N1CCCC(C)(C)CC1. The predicted octanol–water partition coefficient (Wildman–Crippen LogP) is 4.52. The summed E-state index contributed by atoms with van der Waals surface area (Å²) in [6.45, 7) is 8.71. The van der Waals surface area contributed by atoms with Crippen LogP contribution in [0.1, 0.15) is 51.7 Å². The molecule has 0 radical (unpaired) electrons. The third-order valence-electron chi connectivity index (χ3n) is 4.12. The Hall–Kier alpha value is -0.540. The van der Waals surface area contributed by atoms with Crippen molar-refractivity contribution in [1.82, 2.24) is 0 Å². The number of benzene rings is 1. The van der Waals surface area contributed by atoms with Crippen LogP contribution in [0.3, 0.4) is 0 Å². The molecule has 19 heavy (non-hydrogen) atoms. The van der Waals surface area contributed by atoms with Crippen LogP contribution < -0.4 is 4.90 Å². The van der Waals surface area contributed by atoms with E-state index in [0.29, 0.717) is 5.41 Å². The Balaban J connectivity index is 2.28. The Morgan fingerprint density at radius 2 is 2.00 bits per heavy atom. The maximum Gasteiger partial charge on any atom is 0.0782 e. The smallest absolute Gasteiger partial charge is 0.0782 e. The van der Waals surface area contributed by atoms with E-state index >= 15 is 0 Å². The molecule has 1 atom stereocenters. The van der Waals surface area contributed by atoms with Gasteiger partial charge >= 0.3 is 0 Å². The Kier molecular flexibility index (Phi) is 4.57. The van der Waals surface area contributed by atoms with E-state index in [0.717, 1.165) is 23.1 Å². The molecule has 0 aromatic heterocycles. The zero-order valence-corrected chi connectivity index (χ0v) is 13.7. The van der Waals surface area contributed by atoms with Gasteiger partial charge in [-0.1, -0.05) is 35.8 Å². The molecule has 0 bridgehead atoms. The lowest BCUT2D eigenvalue weighted by atomic mass is 9.85. The van der Waals surface area contributed by atoms with Crippen LogP contribution in [0.2, 0.25) is 0 Å². The normalized spacial score (nSPS) is 21.0. The minimum atomic E-state index is -0.417. The van der Waals surface area contributed by atoms with Crippen molar-refractivity contribution < 1.29 is 5.11 Å². The minimum Gasteiger partial charge on any atom is -0.389 e. The standard InChI is InChI=1S/C16H24BrNO/c1-12(19)14-6-5-13(17)11-15(14)18-9-4-7-16(2,3)8-10-18/h5-6,11-12,19H,4,7-10H2,1-3H3. The van der Waals surface area contributed by atoms with Crippen molar-refractivity contribution in [2.45, 2.75) is 46.1 Å². The van der Waals surface area contributed by atoms with Crippen molar-refractivity contribution in [3.05, 3.63) is 28.2 Å². The number of hydrogen-bond donors (Lipinski definition) is 1. The monoisotopic (exact) mass is 325 g/mol. The van der Waals surface area contributed by atoms with Gasteiger partial charge in [0.25, 0.3) is 0 Å². The Labute approximate surface area is 124 Å². The van der Waals surface area contributed by atoms with Crippen LogP contribution in [0.4, 0.5) is 5.69 Å². The van der Waals surface area contributed by atoms with E-state index in [9.17, 15) is 5.11 Å². The summed E-state index contributed by atoms with van der Waals surface area (Å²) in [6.07, 6.45) is 3.29. The molecule has 2 nitrogen and oxygen atoms in total. The maximum absolute atomic E-state index is 9.96. The van der Waals surface area contributed by atoms with Crippen LogP contribution in [0.25, 0.3) is 0 Å². The largest absolute Gasteiger partial charge is 0.389 e. The Bertz CT molecular complexity index is 442. The van der Waals surface area contributed by atoms with Gasteiger partial charge in [-0.25, -0.2) is 0 Å². The molecular formula is C16H24BrNO. The van der Waals surface area contributed by atoms with Gasteiger partial charge in [-0.2, -0.15) is 0 Å². The summed E-state index contributed by atoms with van der Waals surface area (Å²) < 4.78 is 1.08. The maximum atomic E-state index is 9.96. The highest BCUT2D eigenvalue weighted by atomic mass is 79.9. The van der Waals surface area contributed by atoms with E-state index in [4.69, 9.17) is 0 Å². The van der Waals surface area contributed by atoms with Crippen molar-refractivity contribution in [2.75, 3.05) is 18.0 Å². The molecule has 1 unspecified atom stereocenters. The third kappa shape index (κ3) is 3.73. The lowest BCUT2D eigenvalue weighted by Crippen LogP contribution is -2.26. The van der Waals surface area contributed by atoms with E-state index in [1.807, 2.05) is 19.1 Å². The molecule has 1 saturated heterocycles. The molecule has 106 valence electrons. The van der Waals surface area contributed by atoms with Gasteiger partial charge in [0, 0.05) is 28.8 Å². The molecule has 0 amide bonds. The summed E-state index contributed by atoms with van der Waals surface area (Å²) in [6, 6.07) is 6.17. The summed E-state index contributed by atoms with van der Waals surface area (Å²) >= 11 is 3.55. The van der Waals surface area contributed by atoms with Crippen molar-refractivity contribution in [3.8, 4) is 0 Å². The minimum absolute atomic E-state index is 0.417. The second-order valence-corrected chi connectivity index (χ2v) is 7.30. The fraction of sp³-hybridized carbons (Fsp3) is 0.625. The van der Waals surface area contributed by atoms with E-state index < -0.39 is 6.10 Å². The number of rotatable bonds is 2. The molecule has 1 fully saturated rings. The molecule has 1 aromatic carbocycles. The van der Waals surface area contributed by atoms with Crippen LogP contribution >= 0.6 is 15.9 Å². The average molecular weight is 326 g/mol. The summed E-state index contributed by atoms with van der Waals surface area (Å²) in [5, 5.41) is 9.96. The highest BCUT2D eigenvalue weighted by Crippen LogP contribution is 2.35. The molecule has 3 heteroatoms.